The molecule has 4 heterocycles. The molecule has 0 amide bonds. The Morgan fingerprint density at radius 1 is 1.23 bits per heavy atom. The Bertz CT molecular complexity index is 731. The Hall–Kier alpha value is -2.41. The molecular weight excluding hydrogens is 280 g/mol. The van der Waals surface area contributed by atoms with Gasteiger partial charge in [-0.3, -0.25) is 4.90 Å². The molecule has 22 heavy (non-hydrogen) atoms. The normalized spacial score (nSPS) is 17.1. The third-order valence-corrected chi connectivity index (χ3v) is 4.09. The summed E-state index contributed by atoms with van der Waals surface area (Å²) in [4.78, 5) is 2.46. The Morgan fingerprint density at radius 2 is 2.14 bits per heavy atom. The molecule has 1 aliphatic rings. The minimum Gasteiger partial charge on any atom is -0.468 e. The van der Waals surface area contributed by atoms with E-state index in [0.717, 1.165) is 36.9 Å². The van der Waals surface area contributed by atoms with E-state index in [1.807, 2.05) is 24.3 Å². The van der Waals surface area contributed by atoms with E-state index in [-0.39, 0.29) is 6.04 Å². The number of rotatable bonds is 5. The summed E-state index contributed by atoms with van der Waals surface area (Å²) >= 11 is 0. The van der Waals surface area contributed by atoms with Crippen LogP contribution in [0.1, 0.15) is 24.6 Å². The lowest BCUT2D eigenvalue weighted by molar-refractivity contribution is 0.225. The van der Waals surface area contributed by atoms with Gasteiger partial charge in [-0.15, -0.1) is 15.3 Å². The van der Waals surface area contributed by atoms with Crippen molar-refractivity contribution in [2.75, 3.05) is 25.0 Å². The number of nitrogens with one attached hydrogen (secondary N) is 1. The Morgan fingerprint density at radius 3 is 2.95 bits per heavy atom. The SMILES string of the molecule is c1coc(C(CNc2ccc3nncn3n2)N2CCCC2)c1. The van der Waals surface area contributed by atoms with Gasteiger partial charge in [0.2, 0.25) is 0 Å². The van der Waals surface area contributed by atoms with Crippen LogP contribution >= 0.6 is 0 Å². The summed E-state index contributed by atoms with van der Waals surface area (Å²) in [5.74, 6) is 1.81. The predicted molar refractivity (Wildman–Crippen MR) is 81.5 cm³/mol. The smallest absolute Gasteiger partial charge is 0.177 e. The van der Waals surface area contributed by atoms with Crippen LogP contribution in [-0.4, -0.2) is 44.3 Å². The molecule has 114 valence electrons. The van der Waals surface area contributed by atoms with E-state index in [1.165, 1.54) is 12.8 Å². The molecule has 1 unspecified atom stereocenters. The first-order chi connectivity index (χ1) is 10.9. The van der Waals surface area contributed by atoms with E-state index < -0.39 is 0 Å². The molecule has 3 aromatic heterocycles. The van der Waals surface area contributed by atoms with Crippen LogP contribution in [0.2, 0.25) is 0 Å². The third-order valence-electron chi connectivity index (χ3n) is 4.09. The van der Waals surface area contributed by atoms with E-state index >= 15 is 0 Å². The van der Waals surface area contributed by atoms with Crippen molar-refractivity contribution < 1.29 is 4.42 Å². The van der Waals surface area contributed by atoms with Crippen LogP contribution in [-0.2, 0) is 0 Å². The predicted octanol–water partition coefficient (Wildman–Crippen LogP) is 1.97. The maximum Gasteiger partial charge on any atom is 0.177 e. The van der Waals surface area contributed by atoms with Gasteiger partial charge in [-0.05, 0) is 50.2 Å². The van der Waals surface area contributed by atoms with Crippen LogP contribution in [0.5, 0.6) is 0 Å². The molecule has 7 nitrogen and oxygen atoms in total. The van der Waals surface area contributed by atoms with Crippen molar-refractivity contribution in [2.45, 2.75) is 18.9 Å². The lowest BCUT2D eigenvalue weighted by atomic mass is 10.2. The second kappa shape index (κ2) is 5.76. The van der Waals surface area contributed by atoms with Gasteiger partial charge in [-0.2, -0.15) is 4.52 Å². The molecule has 0 radical (unpaired) electrons. The van der Waals surface area contributed by atoms with Gasteiger partial charge in [0, 0.05) is 6.54 Å². The molecule has 0 aliphatic carbocycles. The van der Waals surface area contributed by atoms with Crippen molar-refractivity contribution in [2.24, 2.45) is 0 Å². The number of furan rings is 1. The van der Waals surface area contributed by atoms with E-state index in [0.29, 0.717) is 0 Å². The van der Waals surface area contributed by atoms with Gasteiger partial charge in [0.25, 0.3) is 0 Å². The van der Waals surface area contributed by atoms with Gasteiger partial charge >= 0.3 is 0 Å². The zero-order valence-corrected chi connectivity index (χ0v) is 12.2. The van der Waals surface area contributed by atoms with Gasteiger partial charge in [0.1, 0.15) is 17.9 Å². The van der Waals surface area contributed by atoms with Gasteiger partial charge in [-0.25, -0.2) is 0 Å². The van der Waals surface area contributed by atoms with Crippen molar-refractivity contribution in [3.63, 3.8) is 0 Å². The van der Waals surface area contributed by atoms with Crippen LogP contribution in [0.3, 0.4) is 0 Å². The Balaban J connectivity index is 1.51. The van der Waals surface area contributed by atoms with E-state index in [4.69, 9.17) is 4.42 Å². The van der Waals surface area contributed by atoms with Crippen molar-refractivity contribution >= 4 is 11.5 Å². The molecule has 4 rings (SSSR count). The molecule has 1 saturated heterocycles. The summed E-state index contributed by atoms with van der Waals surface area (Å²) in [5, 5.41) is 15.6. The molecule has 0 spiro atoms. The van der Waals surface area contributed by atoms with Gasteiger partial charge in [-0.1, -0.05) is 0 Å². The highest BCUT2D eigenvalue weighted by atomic mass is 16.3. The molecule has 0 aromatic carbocycles. The maximum absolute atomic E-state index is 5.63. The van der Waals surface area contributed by atoms with Crippen LogP contribution in [0.4, 0.5) is 5.82 Å². The average Bonchev–Trinajstić information content (AvgIpc) is 3.30. The van der Waals surface area contributed by atoms with Gasteiger partial charge in [0.05, 0.1) is 12.3 Å². The summed E-state index contributed by atoms with van der Waals surface area (Å²) in [6, 6.07) is 8.05. The van der Waals surface area contributed by atoms with Crippen molar-refractivity contribution in [1.82, 2.24) is 24.7 Å². The fourth-order valence-corrected chi connectivity index (χ4v) is 2.97. The Kier molecular flexibility index (Phi) is 3.48. The maximum atomic E-state index is 5.63. The van der Waals surface area contributed by atoms with Gasteiger partial charge in [0.15, 0.2) is 5.65 Å². The summed E-state index contributed by atoms with van der Waals surface area (Å²) in [6.45, 7) is 2.99. The minimum absolute atomic E-state index is 0.232. The largest absolute Gasteiger partial charge is 0.468 e. The molecule has 1 aliphatic heterocycles. The van der Waals surface area contributed by atoms with E-state index in [9.17, 15) is 0 Å². The monoisotopic (exact) mass is 298 g/mol. The third kappa shape index (κ3) is 2.55. The highest BCUT2D eigenvalue weighted by Gasteiger charge is 2.25. The van der Waals surface area contributed by atoms with Crippen molar-refractivity contribution in [3.8, 4) is 0 Å². The Labute approximate surface area is 127 Å². The molecule has 1 N–H and O–H groups in total. The van der Waals surface area contributed by atoms with Crippen LogP contribution in [0.25, 0.3) is 5.65 Å². The highest BCUT2D eigenvalue weighted by Crippen LogP contribution is 2.25. The topological polar surface area (TPSA) is 71.5 Å². The molecule has 0 bridgehead atoms. The number of likely N-dealkylation sites (tertiary alicyclic amines) is 1. The lowest BCUT2D eigenvalue weighted by Gasteiger charge is -2.26. The minimum atomic E-state index is 0.232. The first-order valence-corrected chi connectivity index (χ1v) is 7.58. The number of hydrogen-bond donors (Lipinski definition) is 1. The summed E-state index contributed by atoms with van der Waals surface area (Å²) in [7, 11) is 0. The van der Waals surface area contributed by atoms with Crippen LogP contribution < -0.4 is 5.32 Å². The second-order valence-electron chi connectivity index (χ2n) is 5.51. The second-order valence-corrected chi connectivity index (χ2v) is 5.51. The molecule has 3 aromatic rings. The van der Waals surface area contributed by atoms with E-state index in [1.54, 1.807) is 17.1 Å². The average molecular weight is 298 g/mol. The number of nitrogens with zero attached hydrogens (tertiary/aromatic N) is 5. The van der Waals surface area contributed by atoms with Gasteiger partial charge < -0.3 is 9.73 Å². The zero-order chi connectivity index (χ0) is 14.8. The molecule has 1 atom stereocenters. The summed E-state index contributed by atoms with van der Waals surface area (Å²) < 4.78 is 7.29. The standard InChI is InChI=1S/C15H18N6O/c1-2-8-20(7-1)12(13-4-3-9-22-13)10-16-14-5-6-15-18-17-11-21(15)19-14/h3-6,9,11-12H,1-2,7-8,10H2,(H,16,19). The molecule has 1 fully saturated rings. The molecule has 0 saturated carbocycles. The zero-order valence-electron chi connectivity index (χ0n) is 12.2. The highest BCUT2D eigenvalue weighted by molar-refractivity contribution is 5.43. The first kappa shape index (κ1) is 13.3. The summed E-state index contributed by atoms with van der Waals surface area (Å²) in [6.07, 6.45) is 5.84. The number of anilines is 1. The number of aromatic nitrogens is 4. The quantitative estimate of drug-likeness (QED) is 0.776. The van der Waals surface area contributed by atoms with Crippen LogP contribution in [0.15, 0.2) is 41.3 Å². The molecular formula is C15H18N6O. The fourth-order valence-electron chi connectivity index (χ4n) is 2.97. The van der Waals surface area contributed by atoms with Crippen molar-refractivity contribution in [1.29, 1.82) is 0 Å². The summed E-state index contributed by atoms with van der Waals surface area (Å²) in [5.41, 5.74) is 0.743. The lowest BCUT2D eigenvalue weighted by Crippen LogP contribution is -2.31. The van der Waals surface area contributed by atoms with Crippen LogP contribution in [0, 0.1) is 0 Å². The van der Waals surface area contributed by atoms with Crippen molar-refractivity contribution in [3.05, 3.63) is 42.6 Å². The van der Waals surface area contributed by atoms with E-state index in [2.05, 4.69) is 25.5 Å². The first-order valence-electron chi connectivity index (χ1n) is 7.58. The number of fused-ring (bicyclic) bond motifs is 1. The number of hydrogen-bond acceptors (Lipinski definition) is 6. The fraction of sp³-hybridized carbons (Fsp3) is 0.400. The molecule has 7 heteroatoms.